The minimum atomic E-state index is -0.0819. The number of nitrogens with zero attached hydrogens (tertiary/aromatic N) is 4. The van der Waals surface area contributed by atoms with Crippen LogP contribution in [0.2, 0.25) is 0 Å². The lowest BCUT2D eigenvalue weighted by Crippen LogP contribution is -2.16. The Balaban J connectivity index is 0.000000140. The minimum Gasteiger partial charge on any atom is -0.311 e. The number of aromatic nitrogens is 2. The van der Waals surface area contributed by atoms with Gasteiger partial charge in [-0.25, -0.2) is 0 Å². The smallest absolute Gasteiger partial charge is 0.0547 e. The molecular weight excluding hydrogens is 1220 g/mol. The Bertz CT molecular complexity index is 5990. The zero-order chi connectivity index (χ0) is 67.1. The summed E-state index contributed by atoms with van der Waals surface area (Å²) in [4.78, 5) is 4.74. The van der Waals surface area contributed by atoms with Crippen molar-refractivity contribution >= 4 is 99.3 Å². The van der Waals surface area contributed by atoms with Crippen LogP contribution in [-0.4, -0.2) is 9.13 Å². The van der Waals surface area contributed by atoms with Gasteiger partial charge < -0.3 is 18.9 Å². The Morgan fingerprint density at radius 3 is 0.832 bits per heavy atom. The van der Waals surface area contributed by atoms with Crippen molar-refractivity contribution in [2.45, 2.75) is 19.3 Å². The van der Waals surface area contributed by atoms with Crippen molar-refractivity contribution in [1.82, 2.24) is 9.13 Å². The van der Waals surface area contributed by atoms with Crippen molar-refractivity contribution < 1.29 is 0 Å². The van der Waals surface area contributed by atoms with Gasteiger partial charge >= 0.3 is 0 Å². The molecule has 4 nitrogen and oxygen atoms in total. The molecule has 0 fully saturated rings. The molecule has 0 atom stereocenters. The van der Waals surface area contributed by atoms with E-state index in [0.717, 1.165) is 39.8 Å². The molecule has 2 heterocycles. The predicted octanol–water partition coefficient (Wildman–Crippen LogP) is 26.7. The number of benzene rings is 17. The molecule has 476 valence electrons. The molecule has 0 N–H and O–H groups in total. The van der Waals surface area contributed by atoms with Crippen LogP contribution in [0.1, 0.15) is 25.0 Å². The Morgan fingerprint density at radius 2 is 0.475 bits per heavy atom. The lowest BCUT2D eigenvalue weighted by atomic mass is 9.82. The summed E-state index contributed by atoms with van der Waals surface area (Å²) in [5.41, 5.74) is 29.0. The summed E-state index contributed by atoms with van der Waals surface area (Å²) >= 11 is 0. The first-order valence-corrected chi connectivity index (χ1v) is 35.0. The van der Waals surface area contributed by atoms with Gasteiger partial charge in [-0.15, -0.1) is 0 Å². The molecule has 19 aromatic rings. The first kappa shape index (κ1) is 59.3. The van der Waals surface area contributed by atoms with E-state index in [1.54, 1.807) is 0 Å². The third-order valence-electron chi connectivity index (χ3n) is 21.1. The van der Waals surface area contributed by atoms with Gasteiger partial charge in [0.25, 0.3) is 0 Å². The van der Waals surface area contributed by atoms with E-state index >= 15 is 0 Å². The van der Waals surface area contributed by atoms with Crippen LogP contribution >= 0.6 is 0 Å². The van der Waals surface area contributed by atoms with Gasteiger partial charge in [-0.1, -0.05) is 269 Å². The number of fused-ring (bicyclic) bond motifs is 3. The van der Waals surface area contributed by atoms with E-state index < -0.39 is 0 Å². The van der Waals surface area contributed by atoms with Crippen LogP contribution in [0.25, 0.3) is 132 Å². The van der Waals surface area contributed by atoms with Gasteiger partial charge in [0.05, 0.1) is 22.1 Å². The van der Waals surface area contributed by atoms with E-state index in [9.17, 15) is 0 Å². The molecule has 17 aromatic carbocycles. The van der Waals surface area contributed by atoms with E-state index in [1.165, 1.54) is 138 Å². The van der Waals surface area contributed by atoms with E-state index in [0.29, 0.717) is 0 Å². The van der Waals surface area contributed by atoms with Gasteiger partial charge in [0, 0.05) is 72.5 Å². The maximum Gasteiger partial charge on any atom is 0.0547 e. The van der Waals surface area contributed by atoms with Crippen molar-refractivity contribution in [1.29, 1.82) is 0 Å². The predicted molar refractivity (Wildman–Crippen MR) is 428 cm³/mol. The summed E-state index contributed by atoms with van der Waals surface area (Å²) in [6.45, 7) is 4.70. The van der Waals surface area contributed by atoms with E-state index in [1.807, 2.05) is 0 Å². The highest BCUT2D eigenvalue weighted by Crippen LogP contribution is 2.51. The largest absolute Gasteiger partial charge is 0.311 e. The maximum absolute atomic E-state index is 2.42. The zero-order valence-electron chi connectivity index (χ0n) is 56.1. The molecule has 0 unspecified atom stereocenters. The van der Waals surface area contributed by atoms with Crippen LogP contribution in [0.3, 0.4) is 0 Å². The highest BCUT2D eigenvalue weighted by atomic mass is 15.1. The minimum absolute atomic E-state index is 0.0819. The second-order valence-corrected chi connectivity index (χ2v) is 27.2. The van der Waals surface area contributed by atoms with Gasteiger partial charge in [-0.05, 0) is 210 Å². The van der Waals surface area contributed by atoms with E-state index in [-0.39, 0.29) is 5.41 Å². The van der Waals surface area contributed by atoms with Gasteiger partial charge in [-0.3, -0.25) is 0 Å². The van der Waals surface area contributed by atoms with Crippen molar-refractivity contribution in [2.75, 3.05) is 9.80 Å². The van der Waals surface area contributed by atoms with Crippen LogP contribution < -0.4 is 9.80 Å². The van der Waals surface area contributed by atoms with Crippen molar-refractivity contribution in [3.05, 3.63) is 387 Å². The summed E-state index contributed by atoms with van der Waals surface area (Å²) in [5.74, 6) is 0. The lowest BCUT2D eigenvalue weighted by Gasteiger charge is -2.28. The molecular formula is C97H68N4. The van der Waals surface area contributed by atoms with E-state index in [4.69, 9.17) is 0 Å². The van der Waals surface area contributed by atoms with Gasteiger partial charge in [0.15, 0.2) is 0 Å². The first-order chi connectivity index (χ1) is 49.8. The molecule has 0 bridgehead atoms. The molecule has 101 heavy (non-hydrogen) atoms. The molecule has 1 aliphatic rings. The third-order valence-corrected chi connectivity index (χ3v) is 21.1. The van der Waals surface area contributed by atoms with Gasteiger partial charge in [0.2, 0.25) is 0 Å². The highest BCUT2D eigenvalue weighted by molar-refractivity contribution is 6.25. The number of rotatable bonds is 12. The summed E-state index contributed by atoms with van der Waals surface area (Å²) in [7, 11) is 0. The summed E-state index contributed by atoms with van der Waals surface area (Å²) in [6.07, 6.45) is 0. The maximum atomic E-state index is 2.42. The van der Waals surface area contributed by atoms with Crippen LogP contribution in [0.4, 0.5) is 34.1 Å². The Kier molecular flexibility index (Phi) is 14.2. The first-order valence-electron chi connectivity index (χ1n) is 35.0. The Hall–Kier alpha value is -13.0. The van der Waals surface area contributed by atoms with Crippen molar-refractivity contribution in [3.8, 4) is 67.0 Å². The fourth-order valence-electron chi connectivity index (χ4n) is 16.2. The van der Waals surface area contributed by atoms with Crippen LogP contribution in [0.15, 0.2) is 376 Å². The van der Waals surface area contributed by atoms with Crippen LogP contribution in [0, 0.1) is 0 Å². The fourth-order valence-corrected chi connectivity index (χ4v) is 16.2. The fraction of sp³-hybridized carbons (Fsp3) is 0.0309. The lowest BCUT2D eigenvalue weighted by molar-refractivity contribution is 0.660. The molecule has 2 aromatic heterocycles. The standard InChI is InChI=1S/C50H34N2.C47H34N2/c1-3-9-35(10-4-1)37-19-27-43(28-20-37)51(44-29-21-38(22-30-44)36-11-5-2-6-12-36)45-31-23-39(24-32-45)40-25-33-46(34-26-40)52-47-15-7-13-41-17-18-42-14-8-16-48(52)50(42)49(41)47;1-47(2)41-15-7-6-14-39(41)40-29-28-38(30-42(40)47)48(35-22-20-32(21-23-35)31-10-4-3-5-11-31)36-24-26-37(27-25-36)49-43-16-8-12-33-18-19-34-13-9-17-44(49)46(34)45(33)43/h1-34H;3-30H,1-2H3. The zero-order valence-corrected chi connectivity index (χ0v) is 56.1. The van der Waals surface area contributed by atoms with Crippen molar-refractivity contribution in [3.63, 3.8) is 0 Å². The second kappa shape index (κ2) is 24.2. The monoisotopic (exact) mass is 1290 g/mol. The third kappa shape index (κ3) is 10.1. The molecule has 0 saturated heterocycles. The SMILES string of the molecule is CC1(C)c2ccccc2-c2ccc(N(c3ccc(-c4ccccc4)cc3)c3ccc(-n4c5cccc6ccc7cccc4c7c65)cc3)cc21.c1ccc(-c2ccc(N(c3ccc(-c4ccccc4)cc3)c3ccc(-c4ccc(-n5c6cccc7ccc8cccc5c8c76)cc4)cc3)cc2)cc1. The van der Waals surface area contributed by atoms with Crippen LogP contribution in [0.5, 0.6) is 0 Å². The van der Waals surface area contributed by atoms with Crippen LogP contribution in [-0.2, 0) is 5.41 Å². The summed E-state index contributed by atoms with van der Waals surface area (Å²) < 4.78 is 4.82. The van der Waals surface area contributed by atoms with Gasteiger partial charge in [0.1, 0.15) is 0 Å². The Labute approximate surface area is 588 Å². The number of hydrogen-bond acceptors (Lipinski definition) is 2. The molecule has 0 amide bonds. The second-order valence-electron chi connectivity index (χ2n) is 27.2. The number of hydrogen-bond donors (Lipinski definition) is 0. The average molecular weight is 1290 g/mol. The molecule has 1 aliphatic carbocycles. The molecule has 0 saturated carbocycles. The Morgan fingerprint density at radius 1 is 0.208 bits per heavy atom. The topological polar surface area (TPSA) is 16.3 Å². The average Bonchev–Trinajstić information content (AvgIpc) is 1.59. The molecule has 0 radical (unpaired) electrons. The van der Waals surface area contributed by atoms with E-state index in [2.05, 4.69) is 409 Å². The molecule has 4 heteroatoms. The summed E-state index contributed by atoms with van der Waals surface area (Å²) in [5, 5.41) is 10.5. The van der Waals surface area contributed by atoms with Gasteiger partial charge in [-0.2, -0.15) is 0 Å². The highest BCUT2D eigenvalue weighted by Gasteiger charge is 2.36. The number of anilines is 6. The molecule has 20 rings (SSSR count). The molecule has 0 aliphatic heterocycles. The normalized spacial score (nSPS) is 12.3. The summed E-state index contributed by atoms with van der Waals surface area (Å²) in [6, 6.07) is 137. The molecule has 0 spiro atoms. The quantitative estimate of drug-likeness (QED) is 0.113. The van der Waals surface area contributed by atoms with Crippen molar-refractivity contribution in [2.24, 2.45) is 0 Å².